The number of carboxylic acids is 1. The quantitative estimate of drug-likeness (QED) is 0.128. The fraction of sp³-hybridized carbons (Fsp3) is 0.606. The highest BCUT2D eigenvalue weighted by atomic mass is 19.1. The lowest BCUT2D eigenvalue weighted by molar-refractivity contribution is -0.312. The molecule has 2 heterocycles. The van der Waals surface area contributed by atoms with E-state index in [1.54, 1.807) is 36.4 Å². The Balaban J connectivity index is 1.38. The summed E-state index contributed by atoms with van der Waals surface area (Å²) >= 11 is 0. The number of carbonyl (C=O) groups is 1. The van der Waals surface area contributed by atoms with Gasteiger partial charge in [0.2, 0.25) is 0 Å². The average molecular weight is 694 g/mol. The first-order valence-electron chi connectivity index (χ1n) is 16.4. The van der Waals surface area contributed by atoms with Gasteiger partial charge in [-0.2, -0.15) is 0 Å². The van der Waals surface area contributed by atoms with Crippen LogP contribution in [0.1, 0.15) is 36.8 Å². The van der Waals surface area contributed by atoms with E-state index in [-0.39, 0.29) is 36.9 Å². The van der Waals surface area contributed by atoms with E-state index in [1.807, 2.05) is 0 Å². The fourth-order valence-corrected chi connectivity index (χ4v) is 6.83. The largest absolute Gasteiger partial charge is 0.481 e. The molecule has 1 unspecified atom stereocenters. The zero-order valence-corrected chi connectivity index (χ0v) is 27.1. The van der Waals surface area contributed by atoms with E-state index in [1.165, 1.54) is 13.0 Å². The van der Waals surface area contributed by atoms with Crippen molar-refractivity contribution < 1.29 is 53.7 Å². The molecule has 2 aliphatic heterocycles. The van der Waals surface area contributed by atoms with Gasteiger partial charge in [0, 0.05) is 30.6 Å². The zero-order valence-electron chi connectivity index (χ0n) is 27.1. The minimum Gasteiger partial charge on any atom is -0.481 e. The van der Waals surface area contributed by atoms with Crippen LogP contribution < -0.4 is 28.7 Å². The highest BCUT2D eigenvalue weighted by Crippen LogP contribution is 2.35. The molecule has 16 heteroatoms. The van der Waals surface area contributed by atoms with Gasteiger partial charge in [-0.15, -0.1) is 0 Å². The molecule has 15 N–H and O–H groups in total. The molecule has 1 aliphatic carbocycles. The van der Waals surface area contributed by atoms with Gasteiger partial charge in [0.05, 0.1) is 42.4 Å². The van der Waals surface area contributed by atoms with Gasteiger partial charge in [-0.05, 0) is 42.5 Å². The van der Waals surface area contributed by atoms with Crippen LogP contribution in [0.5, 0.6) is 0 Å². The van der Waals surface area contributed by atoms with E-state index in [0.29, 0.717) is 11.1 Å². The molecule has 272 valence electrons. The van der Waals surface area contributed by atoms with Gasteiger partial charge in [0.25, 0.3) is 0 Å². The maximum Gasteiger partial charge on any atom is 0.310 e. The molecule has 2 aromatic rings. The van der Waals surface area contributed by atoms with Gasteiger partial charge in [-0.1, -0.05) is 36.4 Å². The van der Waals surface area contributed by atoms with Crippen LogP contribution in [0.2, 0.25) is 0 Å². The molecule has 15 nitrogen and oxygen atoms in total. The Morgan fingerprint density at radius 1 is 0.878 bits per heavy atom. The van der Waals surface area contributed by atoms with Gasteiger partial charge >= 0.3 is 5.97 Å². The lowest BCUT2D eigenvalue weighted by Crippen LogP contribution is -2.68. The molecule has 0 aromatic heterocycles. The summed E-state index contributed by atoms with van der Waals surface area (Å²) in [6, 6.07) is 7.65. The van der Waals surface area contributed by atoms with Crippen molar-refractivity contribution in [2.24, 2.45) is 28.7 Å². The Morgan fingerprint density at radius 3 is 2.10 bits per heavy atom. The minimum absolute atomic E-state index is 0.0101. The van der Waals surface area contributed by atoms with Crippen LogP contribution in [0.15, 0.2) is 42.5 Å². The van der Waals surface area contributed by atoms with Crippen LogP contribution in [0, 0.1) is 5.82 Å². The van der Waals surface area contributed by atoms with E-state index in [0.717, 1.165) is 0 Å². The number of aliphatic hydroxyl groups is 4. The molecule has 2 aromatic carbocycles. The van der Waals surface area contributed by atoms with Crippen molar-refractivity contribution in [3.63, 3.8) is 0 Å². The van der Waals surface area contributed by atoms with Crippen molar-refractivity contribution in [2.45, 2.75) is 118 Å². The molecule has 3 fully saturated rings. The summed E-state index contributed by atoms with van der Waals surface area (Å²) in [5.74, 6) is -2.85. The average Bonchev–Trinajstić information content (AvgIpc) is 3.06. The summed E-state index contributed by atoms with van der Waals surface area (Å²) in [7, 11) is 0. The normalized spacial score (nSPS) is 39.0. The Morgan fingerprint density at radius 2 is 1.49 bits per heavy atom. The lowest BCUT2D eigenvalue weighted by Gasteiger charge is -2.48. The summed E-state index contributed by atoms with van der Waals surface area (Å²) < 4.78 is 39.6. The molecule has 0 amide bonds. The molecule has 5 rings (SSSR count). The van der Waals surface area contributed by atoms with Crippen molar-refractivity contribution in [3.8, 4) is 11.1 Å². The molecule has 0 bridgehead atoms. The van der Waals surface area contributed by atoms with Crippen LogP contribution in [0.4, 0.5) is 4.39 Å². The van der Waals surface area contributed by atoms with E-state index in [9.17, 15) is 30.3 Å². The maximum atomic E-state index is 15.7. The topological polar surface area (TPSA) is 285 Å². The number of aliphatic carboxylic acids is 1. The predicted molar refractivity (Wildman–Crippen MR) is 173 cm³/mol. The maximum absolute atomic E-state index is 15.7. The molecule has 2 saturated heterocycles. The first kappa shape index (κ1) is 37.6. The molecular formula is C33H48FN5O10. The van der Waals surface area contributed by atoms with E-state index in [2.05, 4.69) is 0 Å². The zero-order chi connectivity index (χ0) is 35.7. The molecular weight excluding hydrogens is 645 g/mol. The third-order valence-corrected chi connectivity index (χ3v) is 9.78. The standard InChI is InChI=1S/C33H48FN5O10/c1-13(31(44)45)15-7-16(24(17(34)8-15)14-5-3-2-4-6-14)9-22-26(41)25(39)27(42)33(46-22)49-30-19(37)10-18(36)29(28(30)43)48-32-20(38)11-21(40)23(12-35)47-32/h2-8,13,18-23,25-30,32-33,40-43H,9-12,35-39H2,1H3,(H,44,45)/t13?,18-,19+,20+,21-,22+,23+,25-,26+,27+,28-,29+,30-,32+,33-/m0/s1. The first-order chi connectivity index (χ1) is 23.2. The van der Waals surface area contributed by atoms with Gasteiger partial charge in [-0.3, -0.25) is 4.79 Å². The van der Waals surface area contributed by atoms with Crippen molar-refractivity contribution in [1.82, 2.24) is 0 Å². The molecule has 0 spiro atoms. The van der Waals surface area contributed by atoms with Crippen LogP contribution >= 0.6 is 0 Å². The van der Waals surface area contributed by atoms with Crippen molar-refractivity contribution in [2.75, 3.05) is 6.54 Å². The monoisotopic (exact) mass is 693 g/mol. The number of rotatable bonds is 10. The van der Waals surface area contributed by atoms with Crippen molar-refractivity contribution in [1.29, 1.82) is 0 Å². The number of nitrogens with two attached hydrogens (primary N) is 5. The van der Waals surface area contributed by atoms with Gasteiger partial charge < -0.3 is 73.1 Å². The molecule has 0 radical (unpaired) electrons. The highest BCUT2D eigenvalue weighted by molar-refractivity contribution is 5.77. The highest BCUT2D eigenvalue weighted by Gasteiger charge is 2.50. The van der Waals surface area contributed by atoms with E-state index in [4.69, 9.17) is 47.6 Å². The minimum atomic E-state index is -1.58. The number of halogens is 1. The number of hydrogen-bond donors (Lipinski definition) is 10. The molecule has 1 saturated carbocycles. The van der Waals surface area contributed by atoms with Crippen LogP contribution in [0.3, 0.4) is 0 Å². The first-order valence-corrected chi connectivity index (χ1v) is 16.4. The van der Waals surface area contributed by atoms with Crippen molar-refractivity contribution >= 4 is 5.97 Å². The number of ether oxygens (including phenoxy) is 4. The fourth-order valence-electron chi connectivity index (χ4n) is 6.83. The van der Waals surface area contributed by atoms with Gasteiger partial charge in [-0.25, -0.2) is 4.39 Å². The Bertz CT molecular complexity index is 1430. The second-order valence-electron chi connectivity index (χ2n) is 13.3. The summed E-state index contributed by atoms with van der Waals surface area (Å²) in [6.45, 7) is 1.44. The second kappa shape index (κ2) is 15.7. The molecule has 3 aliphatic rings. The number of carboxylic acid groups (broad SMARTS) is 1. The van der Waals surface area contributed by atoms with E-state index < -0.39 is 103 Å². The van der Waals surface area contributed by atoms with Gasteiger partial charge in [0.15, 0.2) is 12.6 Å². The predicted octanol–water partition coefficient (Wildman–Crippen LogP) is -2.05. The molecule has 49 heavy (non-hydrogen) atoms. The Kier molecular flexibility index (Phi) is 12.0. The number of hydrogen-bond acceptors (Lipinski definition) is 14. The van der Waals surface area contributed by atoms with Crippen LogP contribution in [-0.4, -0.2) is 124 Å². The summed E-state index contributed by atoms with van der Waals surface area (Å²) in [5, 5.41) is 53.4. The molecule has 15 atom stereocenters. The summed E-state index contributed by atoms with van der Waals surface area (Å²) in [5.41, 5.74) is 32.0. The lowest BCUT2D eigenvalue weighted by atomic mass is 9.84. The van der Waals surface area contributed by atoms with Crippen molar-refractivity contribution in [3.05, 3.63) is 59.4 Å². The van der Waals surface area contributed by atoms with Crippen LogP contribution in [-0.2, 0) is 30.2 Å². The smallest absolute Gasteiger partial charge is 0.310 e. The third-order valence-electron chi connectivity index (χ3n) is 9.78. The SMILES string of the molecule is CC(C(=O)O)c1cc(F)c(-c2ccccc2)c(C[C@H]2O[C@@H](O[C@@H]3[C@@H](O)[C@H](O[C@H]4O[C@H](CN)[C@@H](O)C[C@H]4N)[C@@H](N)C[C@H]3N)[C@H](O)[C@@H](N)[C@@H]2O)c1. The number of aliphatic hydroxyl groups excluding tert-OH is 4. The van der Waals surface area contributed by atoms with Crippen LogP contribution in [0.25, 0.3) is 11.1 Å². The second-order valence-corrected chi connectivity index (χ2v) is 13.3. The third kappa shape index (κ3) is 7.97. The summed E-state index contributed by atoms with van der Waals surface area (Å²) in [6.07, 6.45) is -12.1. The number of benzene rings is 2. The Hall–Kier alpha value is -2.68. The summed E-state index contributed by atoms with van der Waals surface area (Å²) in [4.78, 5) is 11.8. The van der Waals surface area contributed by atoms with Gasteiger partial charge in [0.1, 0.15) is 30.2 Å². The van der Waals surface area contributed by atoms with E-state index >= 15 is 4.39 Å². The Labute approximate surface area is 283 Å².